The minimum absolute atomic E-state index is 0.114. The Morgan fingerprint density at radius 3 is 2.70 bits per heavy atom. The third kappa shape index (κ3) is 4.30. The number of nitrogens with one attached hydrogen (secondary N) is 1. The van der Waals surface area contributed by atoms with E-state index in [1.54, 1.807) is 24.3 Å². The quantitative estimate of drug-likeness (QED) is 0.873. The second-order valence-corrected chi connectivity index (χ2v) is 5.46. The van der Waals surface area contributed by atoms with Crippen molar-refractivity contribution in [3.8, 4) is 0 Å². The van der Waals surface area contributed by atoms with Gasteiger partial charge < -0.3 is 5.73 Å². The van der Waals surface area contributed by atoms with Crippen LogP contribution in [0.15, 0.2) is 24.3 Å². The number of carbonyl (C=O) groups is 2. The van der Waals surface area contributed by atoms with E-state index in [1.807, 2.05) is 4.90 Å². The Morgan fingerprint density at radius 1 is 1.35 bits per heavy atom. The highest BCUT2D eigenvalue weighted by atomic mass is 35.5. The first-order chi connectivity index (χ1) is 9.54. The van der Waals surface area contributed by atoms with Gasteiger partial charge in [0.05, 0.1) is 6.54 Å². The molecule has 1 aliphatic heterocycles. The number of hydrogen-bond acceptors (Lipinski definition) is 4. The van der Waals surface area contributed by atoms with E-state index in [2.05, 4.69) is 5.32 Å². The van der Waals surface area contributed by atoms with E-state index in [0.29, 0.717) is 17.1 Å². The third-order valence-corrected chi connectivity index (χ3v) is 3.52. The monoisotopic (exact) mass is 295 g/mol. The van der Waals surface area contributed by atoms with Crippen molar-refractivity contribution in [3.63, 3.8) is 0 Å². The Balaban J connectivity index is 1.84. The lowest BCUT2D eigenvalue weighted by Crippen LogP contribution is -2.47. The molecular weight excluding hydrogens is 278 g/mol. The van der Waals surface area contributed by atoms with Crippen LogP contribution in [0.1, 0.15) is 23.2 Å². The fourth-order valence-electron chi connectivity index (χ4n) is 2.28. The number of benzene rings is 1. The van der Waals surface area contributed by atoms with Crippen molar-refractivity contribution >= 4 is 23.4 Å². The number of piperidine rings is 1. The Morgan fingerprint density at radius 2 is 2.05 bits per heavy atom. The summed E-state index contributed by atoms with van der Waals surface area (Å²) >= 11 is 5.75. The molecule has 6 heteroatoms. The number of likely N-dealkylation sites (tertiary alicyclic amines) is 1. The predicted octanol–water partition coefficient (Wildman–Crippen LogP) is 1.02. The minimum atomic E-state index is -0.409. The van der Waals surface area contributed by atoms with E-state index in [-0.39, 0.29) is 18.5 Å². The van der Waals surface area contributed by atoms with E-state index in [4.69, 9.17) is 17.3 Å². The molecule has 1 heterocycles. The molecule has 1 unspecified atom stereocenters. The predicted molar refractivity (Wildman–Crippen MR) is 77.6 cm³/mol. The van der Waals surface area contributed by atoms with Gasteiger partial charge in [-0.05, 0) is 43.7 Å². The SMILES string of the molecule is NC1CCCN(CC(=O)NC(=O)c2ccc(Cl)cc2)C1. The van der Waals surface area contributed by atoms with Gasteiger partial charge in [0, 0.05) is 23.2 Å². The zero-order chi connectivity index (χ0) is 14.5. The second kappa shape index (κ2) is 6.83. The zero-order valence-electron chi connectivity index (χ0n) is 11.1. The van der Waals surface area contributed by atoms with Crippen LogP contribution in [0.5, 0.6) is 0 Å². The summed E-state index contributed by atoms with van der Waals surface area (Å²) in [5, 5.41) is 2.93. The fraction of sp³-hybridized carbons (Fsp3) is 0.429. The lowest BCUT2D eigenvalue weighted by molar-refractivity contribution is -0.121. The summed E-state index contributed by atoms with van der Waals surface area (Å²) in [5.74, 6) is -0.716. The third-order valence-electron chi connectivity index (χ3n) is 3.27. The summed E-state index contributed by atoms with van der Waals surface area (Å²) in [7, 11) is 0. The number of rotatable bonds is 3. The van der Waals surface area contributed by atoms with Gasteiger partial charge in [0.1, 0.15) is 0 Å². The number of hydrogen-bond donors (Lipinski definition) is 2. The molecule has 3 N–H and O–H groups in total. The smallest absolute Gasteiger partial charge is 0.257 e. The van der Waals surface area contributed by atoms with Crippen LogP contribution in [0.2, 0.25) is 5.02 Å². The molecule has 0 spiro atoms. The van der Waals surface area contributed by atoms with Crippen LogP contribution in [0.25, 0.3) is 0 Å². The van der Waals surface area contributed by atoms with Crippen molar-refractivity contribution < 1.29 is 9.59 Å². The molecule has 1 fully saturated rings. The van der Waals surface area contributed by atoms with Gasteiger partial charge in [0.25, 0.3) is 5.91 Å². The normalized spacial score (nSPS) is 19.6. The topological polar surface area (TPSA) is 75.4 Å². The standard InChI is InChI=1S/C14H18ClN3O2/c15-11-5-3-10(4-6-11)14(20)17-13(19)9-18-7-1-2-12(16)8-18/h3-6,12H,1-2,7-9,16H2,(H,17,19,20). The molecule has 0 bridgehead atoms. The van der Waals surface area contributed by atoms with Crippen molar-refractivity contribution in [2.75, 3.05) is 19.6 Å². The second-order valence-electron chi connectivity index (χ2n) is 5.02. The van der Waals surface area contributed by atoms with E-state index >= 15 is 0 Å². The van der Waals surface area contributed by atoms with E-state index in [9.17, 15) is 9.59 Å². The van der Waals surface area contributed by atoms with Gasteiger partial charge in [-0.15, -0.1) is 0 Å². The van der Waals surface area contributed by atoms with Crippen LogP contribution in [0.4, 0.5) is 0 Å². The molecule has 0 saturated carbocycles. The van der Waals surface area contributed by atoms with E-state index in [0.717, 1.165) is 19.4 Å². The van der Waals surface area contributed by atoms with Crippen molar-refractivity contribution in [1.29, 1.82) is 0 Å². The van der Waals surface area contributed by atoms with Gasteiger partial charge in [-0.3, -0.25) is 19.8 Å². The van der Waals surface area contributed by atoms with Gasteiger partial charge in [-0.1, -0.05) is 11.6 Å². The van der Waals surface area contributed by atoms with Crippen molar-refractivity contribution in [3.05, 3.63) is 34.9 Å². The van der Waals surface area contributed by atoms with E-state index in [1.165, 1.54) is 0 Å². The fourth-order valence-corrected chi connectivity index (χ4v) is 2.40. The number of imide groups is 1. The average Bonchev–Trinajstić information content (AvgIpc) is 2.39. The molecule has 1 atom stereocenters. The largest absolute Gasteiger partial charge is 0.327 e. The summed E-state index contributed by atoms with van der Waals surface area (Å²) in [6.45, 7) is 1.74. The van der Waals surface area contributed by atoms with Gasteiger partial charge in [-0.25, -0.2) is 0 Å². The lowest BCUT2D eigenvalue weighted by atomic mass is 10.1. The van der Waals surface area contributed by atoms with Crippen LogP contribution < -0.4 is 11.1 Å². The Bertz CT molecular complexity index is 490. The molecule has 108 valence electrons. The van der Waals surface area contributed by atoms with Crippen molar-refractivity contribution in [1.82, 2.24) is 10.2 Å². The van der Waals surface area contributed by atoms with Crippen LogP contribution in [-0.4, -0.2) is 42.4 Å². The molecule has 0 aromatic heterocycles. The first-order valence-electron chi connectivity index (χ1n) is 6.62. The first kappa shape index (κ1) is 15.0. The first-order valence-corrected chi connectivity index (χ1v) is 7.00. The molecule has 1 saturated heterocycles. The number of amides is 2. The summed E-state index contributed by atoms with van der Waals surface area (Å²) < 4.78 is 0. The maximum Gasteiger partial charge on any atom is 0.257 e. The number of nitrogens with zero attached hydrogens (tertiary/aromatic N) is 1. The number of nitrogens with two attached hydrogens (primary N) is 1. The molecule has 0 radical (unpaired) electrons. The van der Waals surface area contributed by atoms with Crippen LogP contribution in [0.3, 0.4) is 0 Å². The maximum atomic E-state index is 11.9. The molecular formula is C14H18ClN3O2. The van der Waals surface area contributed by atoms with Gasteiger partial charge in [0.15, 0.2) is 0 Å². The van der Waals surface area contributed by atoms with Gasteiger partial charge in [-0.2, -0.15) is 0 Å². The summed E-state index contributed by atoms with van der Waals surface area (Å²) in [5.41, 5.74) is 6.27. The number of halogens is 1. The van der Waals surface area contributed by atoms with E-state index < -0.39 is 5.91 Å². The Hall–Kier alpha value is -1.43. The minimum Gasteiger partial charge on any atom is -0.327 e. The highest BCUT2D eigenvalue weighted by molar-refractivity contribution is 6.30. The Labute approximate surface area is 123 Å². The molecule has 1 aromatic carbocycles. The molecule has 20 heavy (non-hydrogen) atoms. The molecule has 1 aromatic rings. The molecule has 2 rings (SSSR count). The summed E-state index contributed by atoms with van der Waals surface area (Å²) in [6.07, 6.45) is 1.97. The molecule has 2 amide bonds. The highest BCUT2D eigenvalue weighted by Crippen LogP contribution is 2.10. The Kier molecular flexibility index (Phi) is 5.11. The van der Waals surface area contributed by atoms with Gasteiger partial charge >= 0.3 is 0 Å². The van der Waals surface area contributed by atoms with Gasteiger partial charge in [0.2, 0.25) is 5.91 Å². The average molecular weight is 296 g/mol. The lowest BCUT2D eigenvalue weighted by Gasteiger charge is -2.29. The number of carbonyl (C=O) groups excluding carboxylic acids is 2. The molecule has 0 aliphatic carbocycles. The molecule has 1 aliphatic rings. The summed E-state index contributed by atoms with van der Waals surface area (Å²) in [4.78, 5) is 25.7. The highest BCUT2D eigenvalue weighted by Gasteiger charge is 2.20. The van der Waals surface area contributed by atoms with Crippen LogP contribution >= 0.6 is 11.6 Å². The molecule has 5 nitrogen and oxygen atoms in total. The van der Waals surface area contributed by atoms with Crippen molar-refractivity contribution in [2.45, 2.75) is 18.9 Å². The van der Waals surface area contributed by atoms with Crippen LogP contribution in [0, 0.1) is 0 Å². The zero-order valence-corrected chi connectivity index (χ0v) is 11.9. The maximum absolute atomic E-state index is 11.9. The van der Waals surface area contributed by atoms with Crippen molar-refractivity contribution in [2.24, 2.45) is 5.73 Å². The van der Waals surface area contributed by atoms with Crippen LogP contribution in [-0.2, 0) is 4.79 Å². The summed E-state index contributed by atoms with van der Waals surface area (Å²) in [6, 6.07) is 6.52.